The number of benzene rings is 2. The molecule has 0 unspecified atom stereocenters. The molecule has 2 aromatic rings. The van der Waals surface area contributed by atoms with Crippen LogP contribution in [0.4, 0.5) is 0 Å². The summed E-state index contributed by atoms with van der Waals surface area (Å²) in [5, 5.41) is 50.2. The van der Waals surface area contributed by atoms with Crippen LogP contribution < -0.4 is 14.2 Å². The van der Waals surface area contributed by atoms with Gasteiger partial charge in [0.1, 0.15) is 36.8 Å². The van der Waals surface area contributed by atoms with Crippen molar-refractivity contribution in [3.05, 3.63) is 53.1 Å². The highest BCUT2D eigenvalue weighted by Crippen LogP contribution is 2.52. The largest absolute Gasteiger partial charge is 0.504 e. The van der Waals surface area contributed by atoms with Gasteiger partial charge in [-0.1, -0.05) is 12.1 Å². The van der Waals surface area contributed by atoms with Gasteiger partial charge in [0.2, 0.25) is 0 Å². The smallest absolute Gasteiger partial charge is 0.186 e. The first-order valence-corrected chi connectivity index (χ1v) is 11.6. The van der Waals surface area contributed by atoms with E-state index in [0.29, 0.717) is 34.5 Å². The Morgan fingerprint density at radius 2 is 1.76 bits per heavy atom. The Balaban J connectivity index is 1.70. The van der Waals surface area contributed by atoms with Gasteiger partial charge in [0, 0.05) is 5.56 Å². The van der Waals surface area contributed by atoms with E-state index in [2.05, 4.69) is 0 Å². The molecule has 0 radical (unpaired) electrons. The number of phenolic OH excluding ortho intramolecular Hbond substituents is 1. The number of rotatable bonds is 9. The molecule has 11 heteroatoms. The van der Waals surface area contributed by atoms with Crippen molar-refractivity contribution in [1.29, 1.82) is 0 Å². The predicted octanol–water partition coefficient (Wildman–Crippen LogP) is 0.655. The van der Waals surface area contributed by atoms with Gasteiger partial charge in [-0.25, -0.2) is 0 Å². The summed E-state index contributed by atoms with van der Waals surface area (Å²) in [6.45, 7) is -0.659. The molecule has 1 fully saturated rings. The molecular weight excluding hydrogens is 488 g/mol. The third-order valence-electron chi connectivity index (χ3n) is 6.52. The topological polar surface area (TPSA) is 164 Å². The molecular formula is C26H30O11. The van der Waals surface area contributed by atoms with Gasteiger partial charge in [0.15, 0.2) is 29.3 Å². The number of aliphatic hydroxyl groups is 4. The Kier molecular flexibility index (Phi) is 8.32. The Bertz CT molecular complexity index is 1130. The van der Waals surface area contributed by atoms with Gasteiger partial charge in [-0.05, 0) is 41.5 Å². The maximum absolute atomic E-state index is 10.9. The average Bonchev–Trinajstić information content (AvgIpc) is 3.28. The SMILES string of the molecule is COc1cc([C@H]2Oc3c(OC)cc(C=CC=O)cc3[C@@H]2CO[C@H]2O[C@@H](CO)[C@H](O)[C@H](O)[C@H]2O)ccc1O. The van der Waals surface area contributed by atoms with Crippen molar-refractivity contribution in [1.82, 2.24) is 0 Å². The van der Waals surface area contributed by atoms with Crippen LogP contribution in [0.1, 0.15) is 28.7 Å². The molecule has 1 saturated heterocycles. The van der Waals surface area contributed by atoms with Gasteiger partial charge >= 0.3 is 0 Å². The van der Waals surface area contributed by atoms with E-state index >= 15 is 0 Å². The monoisotopic (exact) mass is 518 g/mol. The third-order valence-corrected chi connectivity index (χ3v) is 6.52. The molecule has 11 nitrogen and oxygen atoms in total. The Morgan fingerprint density at radius 3 is 2.43 bits per heavy atom. The molecule has 0 bridgehead atoms. The number of aromatic hydroxyl groups is 1. The minimum atomic E-state index is -1.58. The number of allylic oxidation sites excluding steroid dienone is 1. The lowest BCUT2D eigenvalue weighted by Gasteiger charge is -2.40. The molecule has 200 valence electrons. The number of phenols is 1. The minimum absolute atomic E-state index is 0.0465. The van der Waals surface area contributed by atoms with Gasteiger partial charge in [0.25, 0.3) is 0 Å². The number of carbonyl (C=O) groups excluding carboxylic acids is 1. The molecule has 5 N–H and O–H groups in total. The van der Waals surface area contributed by atoms with Crippen molar-refractivity contribution in [2.24, 2.45) is 0 Å². The van der Waals surface area contributed by atoms with E-state index in [0.717, 1.165) is 0 Å². The van der Waals surface area contributed by atoms with Crippen LogP contribution in [0, 0.1) is 0 Å². The highest BCUT2D eigenvalue weighted by atomic mass is 16.7. The van der Waals surface area contributed by atoms with Crippen molar-refractivity contribution < 1.29 is 54.0 Å². The Hall–Kier alpha value is -3.19. The molecule has 2 aliphatic heterocycles. The van der Waals surface area contributed by atoms with Gasteiger partial charge in [-0.15, -0.1) is 0 Å². The molecule has 2 aromatic carbocycles. The minimum Gasteiger partial charge on any atom is -0.504 e. The van der Waals surface area contributed by atoms with Crippen molar-refractivity contribution in [2.45, 2.75) is 42.7 Å². The average molecular weight is 519 g/mol. The molecule has 0 amide bonds. The summed E-state index contributed by atoms with van der Waals surface area (Å²) in [6, 6.07) is 8.32. The molecule has 0 saturated carbocycles. The first-order valence-electron chi connectivity index (χ1n) is 11.6. The van der Waals surface area contributed by atoms with Crippen molar-refractivity contribution in [3.63, 3.8) is 0 Å². The van der Waals surface area contributed by atoms with Gasteiger partial charge < -0.3 is 49.2 Å². The number of aldehydes is 1. The number of methoxy groups -OCH3 is 2. The zero-order chi connectivity index (χ0) is 26.7. The molecule has 2 aliphatic rings. The van der Waals surface area contributed by atoms with Crippen LogP contribution in [0.25, 0.3) is 6.08 Å². The first kappa shape index (κ1) is 26.9. The standard InChI is InChI=1S/C26H30O11/c1-33-18-10-14(5-6-17(18)29)24-16(12-35-26-23(32)22(31)21(30)20(11-28)36-26)15-8-13(4-3-7-27)9-19(34-2)25(15)37-24/h3-10,16,20-24,26,28-32H,11-12H2,1-2H3/t16-,20-,21-,22-,23+,24+,26-/m0/s1. The summed E-state index contributed by atoms with van der Waals surface area (Å²) < 4.78 is 28.5. The van der Waals surface area contributed by atoms with Crippen molar-refractivity contribution in [2.75, 3.05) is 27.4 Å². The third kappa shape index (κ3) is 5.28. The zero-order valence-corrected chi connectivity index (χ0v) is 20.3. The predicted molar refractivity (Wildman–Crippen MR) is 129 cm³/mol. The molecule has 37 heavy (non-hydrogen) atoms. The lowest BCUT2D eigenvalue weighted by Crippen LogP contribution is -2.59. The van der Waals surface area contributed by atoms with Crippen LogP contribution in [-0.4, -0.2) is 90.0 Å². The fraction of sp³-hybridized carbons (Fsp3) is 0.423. The number of fused-ring (bicyclic) bond motifs is 1. The fourth-order valence-electron chi connectivity index (χ4n) is 4.57. The number of hydrogen-bond acceptors (Lipinski definition) is 11. The first-order chi connectivity index (χ1) is 17.8. The number of carbonyl (C=O) groups is 1. The van der Waals surface area contributed by atoms with E-state index in [1.54, 1.807) is 24.3 Å². The van der Waals surface area contributed by atoms with E-state index in [-0.39, 0.29) is 18.1 Å². The van der Waals surface area contributed by atoms with Crippen LogP contribution in [0.3, 0.4) is 0 Å². The lowest BCUT2D eigenvalue weighted by atomic mass is 9.90. The van der Waals surface area contributed by atoms with Crippen LogP contribution in [0.5, 0.6) is 23.0 Å². The quantitative estimate of drug-likeness (QED) is 0.234. The normalized spacial score (nSPS) is 29.1. The second kappa shape index (κ2) is 11.5. The van der Waals surface area contributed by atoms with Crippen molar-refractivity contribution in [3.8, 4) is 23.0 Å². The van der Waals surface area contributed by atoms with Crippen LogP contribution >= 0.6 is 0 Å². The number of ether oxygens (including phenoxy) is 5. The van der Waals surface area contributed by atoms with E-state index < -0.39 is 49.3 Å². The highest BCUT2D eigenvalue weighted by Gasteiger charge is 2.45. The highest BCUT2D eigenvalue weighted by molar-refractivity contribution is 5.75. The van der Waals surface area contributed by atoms with Gasteiger partial charge in [-0.2, -0.15) is 0 Å². The summed E-state index contributed by atoms with van der Waals surface area (Å²) in [5.41, 5.74) is 2.01. The summed E-state index contributed by atoms with van der Waals surface area (Å²) >= 11 is 0. The summed E-state index contributed by atoms with van der Waals surface area (Å²) in [7, 11) is 2.92. The van der Waals surface area contributed by atoms with Crippen LogP contribution in [0.2, 0.25) is 0 Å². The lowest BCUT2D eigenvalue weighted by molar-refractivity contribution is -0.302. The van der Waals surface area contributed by atoms with Crippen LogP contribution in [-0.2, 0) is 14.3 Å². The Labute approximate surface area is 213 Å². The molecule has 0 aliphatic carbocycles. The van der Waals surface area contributed by atoms with E-state index in [1.165, 1.54) is 26.4 Å². The Morgan fingerprint density at radius 1 is 1.00 bits per heavy atom. The fourth-order valence-corrected chi connectivity index (χ4v) is 4.57. The number of aliphatic hydroxyl groups excluding tert-OH is 4. The van der Waals surface area contributed by atoms with Gasteiger partial charge in [-0.3, -0.25) is 4.79 Å². The number of hydrogen-bond donors (Lipinski definition) is 5. The molecule has 2 heterocycles. The maximum atomic E-state index is 10.9. The molecule has 0 spiro atoms. The maximum Gasteiger partial charge on any atom is 0.186 e. The van der Waals surface area contributed by atoms with Gasteiger partial charge in [0.05, 0.1) is 33.4 Å². The second-order valence-electron chi connectivity index (χ2n) is 8.74. The molecule has 0 aromatic heterocycles. The molecule has 7 atom stereocenters. The summed E-state index contributed by atoms with van der Waals surface area (Å²) in [4.78, 5) is 10.9. The molecule has 4 rings (SSSR count). The van der Waals surface area contributed by atoms with Crippen LogP contribution in [0.15, 0.2) is 36.4 Å². The van der Waals surface area contributed by atoms with E-state index in [1.807, 2.05) is 6.07 Å². The second-order valence-corrected chi connectivity index (χ2v) is 8.74. The zero-order valence-electron chi connectivity index (χ0n) is 20.3. The van der Waals surface area contributed by atoms with E-state index in [4.69, 9.17) is 23.7 Å². The summed E-state index contributed by atoms with van der Waals surface area (Å²) in [5.74, 6) is 0.566. The van der Waals surface area contributed by atoms with Crippen molar-refractivity contribution >= 4 is 12.4 Å². The van der Waals surface area contributed by atoms with E-state index in [9.17, 15) is 30.3 Å². The summed E-state index contributed by atoms with van der Waals surface area (Å²) in [6.07, 6.45) is -4.15.